The summed E-state index contributed by atoms with van der Waals surface area (Å²) in [5.41, 5.74) is 2.43. The van der Waals surface area contributed by atoms with Crippen LogP contribution in [-0.4, -0.2) is 134 Å². The second-order valence-corrected chi connectivity index (χ2v) is 19.3. The second-order valence-electron chi connectivity index (χ2n) is 19.3. The molecule has 66 heavy (non-hydrogen) atoms. The van der Waals surface area contributed by atoms with Crippen LogP contribution in [0, 0.1) is 29.6 Å². The average molecular weight is 910 g/mol. The maximum Gasteiger partial charge on any atom is 0.280 e. The molecule has 7 heterocycles. The monoisotopic (exact) mass is 909 g/mol. The number of hydrazone groups is 1. The molecular weight excluding hydrogens is 852 g/mol. The fourth-order valence-corrected chi connectivity index (χ4v) is 11.0. The Morgan fingerprint density at radius 1 is 0.970 bits per heavy atom. The first-order valence-electron chi connectivity index (χ1n) is 23.8. The molecule has 2 saturated carbocycles. The molecule has 4 atom stereocenters. The third-order valence-corrected chi connectivity index (χ3v) is 14.8. The molecule has 2 aliphatic carbocycles. The summed E-state index contributed by atoms with van der Waals surface area (Å²) in [6.45, 7) is 3.80. The van der Waals surface area contributed by atoms with Gasteiger partial charge in [-0.25, -0.2) is 22.7 Å². The van der Waals surface area contributed by atoms with Crippen LogP contribution in [0.25, 0.3) is 16.6 Å². The number of aromatic nitrogens is 5. The number of nitrogens with zero attached hydrogens (tertiary/aromatic N) is 9. The number of para-hydroxylation sites is 1. The van der Waals surface area contributed by atoms with Crippen LogP contribution in [0.1, 0.15) is 105 Å². The summed E-state index contributed by atoms with van der Waals surface area (Å²) in [5, 5.41) is 21.1. The minimum Gasteiger partial charge on any atom is -0.362 e. The predicted octanol–water partition coefficient (Wildman–Crippen LogP) is 5.23. The number of rotatable bonds is 12. The van der Waals surface area contributed by atoms with Crippen molar-refractivity contribution in [3.63, 3.8) is 0 Å². The number of hydrogen-bond acceptors (Lipinski definition) is 11. The van der Waals surface area contributed by atoms with Gasteiger partial charge in [0.15, 0.2) is 5.65 Å². The number of likely N-dealkylation sites (tertiary alicyclic amines) is 1. The molecule has 2 N–H and O–H groups in total. The lowest BCUT2D eigenvalue weighted by molar-refractivity contribution is -0.134. The van der Waals surface area contributed by atoms with Gasteiger partial charge in [0.1, 0.15) is 29.9 Å². The maximum atomic E-state index is 15.5. The van der Waals surface area contributed by atoms with Crippen molar-refractivity contribution in [1.82, 2.24) is 44.9 Å². The van der Waals surface area contributed by atoms with E-state index < -0.39 is 36.6 Å². The molecule has 4 aliphatic heterocycles. The number of imide groups is 1. The van der Waals surface area contributed by atoms with E-state index in [1.54, 1.807) is 27.5 Å². The molecular formula is C48H58F3N11O4. The number of anilines is 1. The van der Waals surface area contributed by atoms with Crippen molar-refractivity contribution in [2.24, 2.45) is 29.9 Å². The van der Waals surface area contributed by atoms with E-state index in [0.717, 1.165) is 92.3 Å². The van der Waals surface area contributed by atoms with Gasteiger partial charge in [-0.1, -0.05) is 36.8 Å². The number of aryl methyl sites for hydroxylation is 1. The van der Waals surface area contributed by atoms with Crippen LogP contribution in [0.2, 0.25) is 0 Å². The van der Waals surface area contributed by atoms with Crippen molar-refractivity contribution in [1.29, 1.82) is 0 Å². The Hall–Kier alpha value is -5.54. The highest BCUT2D eigenvalue weighted by Crippen LogP contribution is 2.39. The Labute approximate surface area is 381 Å². The van der Waals surface area contributed by atoms with E-state index in [1.807, 2.05) is 24.3 Å². The third-order valence-electron chi connectivity index (χ3n) is 14.8. The summed E-state index contributed by atoms with van der Waals surface area (Å²) in [7, 11) is 1.80. The average Bonchev–Trinajstić information content (AvgIpc) is 3.69. The first kappa shape index (κ1) is 44.3. The van der Waals surface area contributed by atoms with Gasteiger partial charge in [0, 0.05) is 63.8 Å². The summed E-state index contributed by atoms with van der Waals surface area (Å²) in [5.74, 6) is 7.39. The first-order chi connectivity index (χ1) is 32.0. The van der Waals surface area contributed by atoms with E-state index in [9.17, 15) is 23.2 Å². The van der Waals surface area contributed by atoms with Crippen molar-refractivity contribution in [3.8, 4) is 11.8 Å². The van der Waals surface area contributed by atoms with Crippen LogP contribution in [-0.2, 0) is 21.4 Å². The lowest BCUT2D eigenvalue weighted by Gasteiger charge is -2.39. The minimum atomic E-state index is -2.82. The molecule has 5 fully saturated rings. The Morgan fingerprint density at radius 2 is 1.76 bits per heavy atom. The molecule has 10 rings (SSSR count). The number of piperidine rings is 3. The van der Waals surface area contributed by atoms with Gasteiger partial charge < -0.3 is 15.0 Å². The van der Waals surface area contributed by atoms with Gasteiger partial charge in [-0.3, -0.25) is 34.3 Å². The highest BCUT2D eigenvalue weighted by molar-refractivity contribution is 6.04. The van der Waals surface area contributed by atoms with Gasteiger partial charge in [0.25, 0.3) is 12.3 Å². The van der Waals surface area contributed by atoms with Crippen molar-refractivity contribution in [2.75, 3.05) is 50.8 Å². The van der Waals surface area contributed by atoms with E-state index in [2.05, 4.69) is 47.6 Å². The van der Waals surface area contributed by atoms with Gasteiger partial charge in [0.05, 0.1) is 47.6 Å². The molecule has 0 radical (unpaired) electrons. The fourth-order valence-electron chi connectivity index (χ4n) is 11.0. The van der Waals surface area contributed by atoms with Gasteiger partial charge in [0.2, 0.25) is 11.8 Å². The molecule has 3 saturated heterocycles. The van der Waals surface area contributed by atoms with E-state index in [0.29, 0.717) is 36.6 Å². The quantitative estimate of drug-likeness (QED) is 0.143. The number of hydrogen-bond donors (Lipinski definition) is 2. The number of alkyl halides is 3. The van der Waals surface area contributed by atoms with Gasteiger partial charge in [-0.05, 0) is 87.7 Å². The second kappa shape index (κ2) is 19.0. The smallest absolute Gasteiger partial charge is 0.280 e. The molecule has 350 valence electrons. The Balaban J connectivity index is 0.678. The lowest BCUT2D eigenvalue weighted by atomic mass is 9.85. The number of nitrogens with one attached hydrogen (secondary N) is 2. The van der Waals surface area contributed by atoms with Gasteiger partial charge in [-0.15, -0.1) is 0 Å². The zero-order chi connectivity index (χ0) is 45.5. The molecule has 18 heteroatoms. The Kier molecular flexibility index (Phi) is 12.7. The molecule has 4 aromatic rings. The minimum absolute atomic E-state index is 0.0297. The highest BCUT2D eigenvalue weighted by Gasteiger charge is 2.39. The van der Waals surface area contributed by atoms with E-state index >= 15 is 4.39 Å². The van der Waals surface area contributed by atoms with Crippen LogP contribution in [0.15, 0.2) is 41.8 Å². The van der Waals surface area contributed by atoms with E-state index in [1.165, 1.54) is 25.5 Å². The summed E-state index contributed by atoms with van der Waals surface area (Å²) < 4.78 is 53.5. The number of carbonyl (C=O) groups excluding carboxylic acids is 3. The van der Waals surface area contributed by atoms with Crippen LogP contribution >= 0.6 is 0 Å². The maximum absolute atomic E-state index is 15.5. The number of amides is 3. The van der Waals surface area contributed by atoms with Crippen molar-refractivity contribution in [2.45, 2.75) is 114 Å². The van der Waals surface area contributed by atoms with E-state index in [-0.39, 0.29) is 55.2 Å². The van der Waals surface area contributed by atoms with Gasteiger partial charge in [-0.2, -0.15) is 15.3 Å². The summed E-state index contributed by atoms with van der Waals surface area (Å²) in [4.78, 5) is 47.2. The SMILES string of the molecule is Cn1nc(C2CCC(=O)NC2=O)c2cccc(C#CCO[C@H]3CCN(CC4CCC(N5CC(NC(=O)c6cnn7ccc(N8CCC(CC9CC9)CC8)nc67)C(C(F)F)=N5)CC4)C[C@H]3F)c21. The van der Waals surface area contributed by atoms with Crippen LogP contribution in [0.5, 0.6) is 0 Å². The van der Waals surface area contributed by atoms with Crippen LogP contribution in [0.3, 0.4) is 0 Å². The zero-order valence-electron chi connectivity index (χ0n) is 37.4. The fraction of sp³-hybridized carbons (Fsp3) is 0.604. The van der Waals surface area contributed by atoms with Crippen LogP contribution in [0.4, 0.5) is 19.0 Å². The predicted molar refractivity (Wildman–Crippen MR) is 241 cm³/mol. The van der Waals surface area contributed by atoms with E-state index in [4.69, 9.17) is 9.72 Å². The normalized spacial score (nSPS) is 26.8. The molecule has 3 aromatic heterocycles. The molecule has 2 unspecified atom stereocenters. The number of halogens is 3. The number of carbonyl (C=O) groups is 3. The summed E-state index contributed by atoms with van der Waals surface area (Å²) in [6, 6.07) is 6.59. The van der Waals surface area contributed by atoms with Crippen molar-refractivity contribution >= 4 is 45.8 Å². The third kappa shape index (κ3) is 9.51. The zero-order valence-corrected chi connectivity index (χ0v) is 37.4. The lowest BCUT2D eigenvalue weighted by Crippen LogP contribution is -2.48. The first-order valence-corrected chi connectivity index (χ1v) is 23.8. The molecule has 0 bridgehead atoms. The molecule has 15 nitrogen and oxygen atoms in total. The summed E-state index contributed by atoms with van der Waals surface area (Å²) >= 11 is 0. The Morgan fingerprint density at radius 3 is 2.52 bits per heavy atom. The highest BCUT2D eigenvalue weighted by atomic mass is 19.3. The number of ether oxygens (including phenoxy) is 1. The molecule has 6 aliphatic rings. The topological polar surface area (TPSA) is 155 Å². The number of fused-ring (bicyclic) bond motifs is 2. The number of benzene rings is 1. The van der Waals surface area contributed by atoms with Gasteiger partial charge >= 0.3 is 0 Å². The Bertz CT molecular complexity index is 2550. The van der Waals surface area contributed by atoms with Crippen molar-refractivity contribution in [3.05, 3.63) is 53.5 Å². The largest absolute Gasteiger partial charge is 0.362 e. The standard InChI is InChI=1S/C48H58F3N11O4/c1-58-44-32(4-2-6-34(44)42(56-58)35-13-14-41(63)55-47(35)64)5-3-23-66-39-17-19-59(27-37(39)49)26-31-9-11-33(12-10-31)62-28-38(43(57-62)45(50)51)53-48(65)36-25-52-61-22-18-40(54-46(36)61)60-20-15-30(16-21-60)24-29-7-8-29/h2,4,6,18,22,25,29-31,33,35,37-39,45H,7-17,19-21,23-24,26-28H2,1H3,(H,53,65)(H,55,63,64)/t31?,33?,35?,37-,38?,39+/m1/s1. The summed E-state index contributed by atoms with van der Waals surface area (Å²) in [6.07, 6.45) is 9.52. The van der Waals surface area contributed by atoms with Crippen LogP contribution < -0.4 is 15.5 Å². The van der Waals surface area contributed by atoms with Crippen molar-refractivity contribution < 1.29 is 32.3 Å². The molecule has 0 spiro atoms. The molecule has 3 amide bonds. The molecule has 1 aromatic carbocycles.